The number of nitrogens with zero attached hydrogens (tertiary/aromatic N) is 2. The molecule has 2 rings (SSSR count). The molecule has 4 nitrogen and oxygen atoms in total. The number of anilines is 1. The molecule has 1 amide bonds. The van der Waals surface area contributed by atoms with Crippen LogP contribution in [0.1, 0.15) is 11.1 Å². The normalized spacial score (nSPS) is 11.7. The Morgan fingerprint density at radius 3 is 2.65 bits per heavy atom. The molecule has 116 valence electrons. The monoisotopic (exact) mass is 317 g/mol. The predicted molar refractivity (Wildman–Crippen MR) is 77.9 cm³/mol. The summed E-state index contributed by atoms with van der Waals surface area (Å²) in [6.07, 6.45) is -0.221. The number of amides is 1. The minimum Gasteiger partial charge on any atom is -0.321 e. The Kier molecular flexibility index (Phi) is 4.76. The molecule has 0 aliphatic heterocycles. The zero-order valence-corrected chi connectivity index (χ0v) is 11.6. The van der Waals surface area contributed by atoms with Crippen molar-refractivity contribution in [2.24, 2.45) is 0 Å². The van der Waals surface area contributed by atoms with Crippen molar-refractivity contribution in [1.29, 1.82) is 5.26 Å². The fourth-order valence-electron chi connectivity index (χ4n) is 1.75. The molecular weight excluding hydrogens is 307 g/mol. The number of rotatable bonds is 3. The number of pyridine rings is 1. The topological polar surface area (TPSA) is 65.8 Å². The lowest BCUT2D eigenvalue weighted by Crippen LogP contribution is -2.14. The molecule has 0 fully saturated rings. The minimum atomic E-state index is -4.51. The van der Waals surface area contributed by atoms with Crippen molar-refractivity contribution in [2.45, 2.75) is 6.18 Å². The van der Waals surface area contributed by atoms with Crippen molar-refractivity contribution in [1.82, 2.24) is 4.98 Å². The number of nitrogens with one attached hydrogen (secondary N) is 1. The van der Waals surface area contributed by atoms with Crippen LogP contribution in [0.15, 0.2) is 54.4 Å². The van der Waals surface area contributed by atoms with Gasteiger partial charge in [-0.25, -0.2) is 0 Å². The standard InChI is InChI=1S/C16H10F3N3O/c17-16(18,19)13-4-1-5-14(8-13)22-15(23)12(9-20)7-11-3-2-6-21-10-11/h1-8,10H,(H,22,23)/b12-7-. The highest BCUT2D eigenvalue weighted by Gasteiger charge is 2.30. The molecule has 0 aliphatic carbocycles. The number of aromatic nitrogens is 1. The van der Waals surface area contributed by atoms with Gasteiger partial charge in [0.15, 0.2) is 0 Å². The Balaban J connectivity index is 2.21. The fraction of sp³-hybridized carbons (Fsp3) is 0.0625. The van der Waals surface area contributed by atoms with Gasteiger partial charge >= 0.3 is 6.18 Å². The number of carbonyl (C=O) groups excluding carboxylic acids is 1. The van der Waals surface area contributed by atoms with Crippen LogP contribution in [0, 0.1) is 11.3 Å². The number of nitriles is 1. The molecule has 0 saturated heterocycles. The number of halogens is 3. The first kappa shape index (κ1) is 16.2. The highest BCUT2D eigenvalue weighted by Crippen LogP contribution is 2.30. The summed E-state index contributed by atoms with van der Waals surface area (Å²) in [6.45, 7) is 0. The zero-order chi connectivity index (χ0) is 16.9. The van der Waals surface area contributed by atoms with E-state index in [-0.39, 0.29) is 11.3 Å². The minimum absolute atomic E-state index is 0.0443. The average Bonchev–Trinajstić information content (AvgIpc) is 2.53. The summed E-state index contributed by atoms with van der Waals surface area (Å²) in [7, 11) is 0. The highest BCUT2D eigenvalue weighted by molar-refractivity contribution is 6.09. The number of alkyl halides is 3. The lowest BCUT2D eigenvalue weighted by Gasteiger charge is -2.09. The Bertz CT molecular complexity index is 777. The van der Waals surface area contributed by atoms with Gasteiger partial charge in [0.05, 0.1) is 5.56 Å². The molecule has 1 aromatic carbocycles. The molecule has 0 unspecified atom stereocenters. The van der Waals surface area contributed by atoms with Crippen molar-refractivity contribution < 1.29 is 18.0 Å². The summed E-state index contributed by atoms with van der Waals surface area (Å²) in [5, 5.41) is 11.3. The van der Waals surface area contributed by atoms with Crippen molar-refractivity contribution in [3.63, 3.8) is 0 Å². The van der Waals surface area contributed by atoms with E-state index < -0.39 is 17.6 Å². The molecule has 1 heterocycles. The van der Waals surface area contributed by atoms with Crippen LogP contribution >= 0.6 is 0 Å². The van der Waals surface area contributed by atoms with Gasteiger partial charge in [-0.2, -0.15) is 18.4 Å². The van der Waals surface area contributed by atoms with Gasteiger partial charge in [-0.3, -0.25) is 9.78 Å². The van der Waals surface area contributed by atoms with E-state index in [0.717, 1.165) is 12.1 Å². The van der Waals surface area contributed by atoms with Gasteiger partial charge in [-0.1, -0.05) is 12.1 Å². The van der Waals surface area contributed by atoms with Gasteiger partial charge in [0.1, 0.15) is 11.6 Å². The smallest absolute Gasteiger partial charge is 0.321 e. The SMILES string of the molecule is N#C/C(=C/c1cccnc1)C(=O)Nc1cccc(C(F)(F)F)c1. The fourth-order valence-corrected chi connectivity index (χ4v) is 1.75. The Morgan fingerprint density at radius 1 is 1.26 bits per heavy atom. The lowest BCUT2D eigenvalue weighted by atomic mass is 10.1. The number of carbonyl (C=O) groups is 1. The summed E-state index contributed by atoms with van der Waals surface area (Å²) in [4.78, 5) is 15.8. The molecule has 7 heteroatoms. The largest absolute Gasteiger partial charge is 0.416 e. The maximum atomic E-state index is 12.6. The van der Waals surface area contributed by atoms with E-state index in [0.29, 0.717) is 5.56 Å². The van der Waals surface area contributed by atoms with Crippen LogP contribution in [0.4, 0.5) is 18.9 Å². The second-order valence-corrected chi connectivity index (χ2v) is 4.49. The van der Waals surface area contributed by atoms with Crippen LogP contribution in [0.2, 0.25) is 0 Å². The summed E-state index contributed by atoms with van der Waals surface area (Å²) in [5.74, 6) is -0.796. The van der Waals surface area contributed by atoms with E-state index in [2.05, 4.69) is 10.3 Å². The van der Waals surface area contributed by atoms with Crippen LogP contribution in [0.3, 0.4) is 0 Å². The highest BCUT2D eigenvalue weighted by atomic mass is 19.4. The molecule has 0 radical (unpaired) electrons. The quantitative estimate of drug-likeness (QED) is 0.694. The van der Waals surface area contributed by atoms with Gasteiger partial charge in [-0.05, 0) is 35.9 Å². The molecule has 0 aliphatic rings. The van der Waals surface area contributed by atoms with Crippen LogP contribution in [0.25, 0.3) is 6.08 Å². The van der Waals surface area contributed by atoms with Crippen LogP contribution in [-0.4, -0.2) is 10.9 Å². The van der Waals surface area contributed by atoms with Crippen LogP contribution in [-0.2, 0) is 11.0 Å². The van der Waals surface area contributed by atoms with Crippen LogP contribution < -0.4 is 5.32 Å². The Morgan fingerprint density at radius 2 is 2.04 bits per heavy atom. The number of benzene rings is 1. The molecule has 0 spiro atoms. The first-order valence-corrected chi connectivity index (χ1v) is 6.40. The second kappa shape index (κ2) is 6.75. The molecule has 0 bridgehead atoms. The van der Waals surface area contributed by atoms with Gasteiger partial charge in [0.25, 0.3) is 5.91 Å². The summed E-state index contributed by atoms with van der Waals surface area (Å²) in [5.41, 5.74) is -0.638. The molecule has 0 atom stereocenters. The first-order valence-electron chi connectivity index (χ1n) is 6.40. The summed E-state index contributed by atoms with van der Waals surface area (Å²) < 4.78 is 37.9. The molecule has 2 aromatic rings. The van der Waals surface area contributed by atoms with Crippen LogP contribution in [0.5, 0.6) is 0 Å². The van der Waals surface area contributed by atoms with Crippen molar-refractivity contribution in [2.75, 3.05) is 5.32 Å². The predicted octanol–water partition coefficient (Wildman–Crippen LogP) is 3.65. The Labute approximate surface area is 129 Å². The average molecular weight is 317 g/mol. The number of hydrogen-bond donors (Lipinski definition) is 1. The third kappa shape index (κ3) is 4.41. The van der Waals surface area contributed by atoms with Crippen molar-refractivity contribution in [3.8, 4) is 6.07 Å². The van der Waals surface area contributed by atoms with E-state index in [1.807, 2.05) is 0 Å². The van der Waals surface area contributed by atoms with Gasteiger partial charge < -0.3 is 5.32 Å². The molecule has 0 saturated carbocycles. The maximum Gasteiger partial charge on any atom is 0.416 e. The summed E-state index contributed by atoms with van der Waals surface area (Å²) >= 11 is 0. The summed E-state index contributed by atoms with van der Waals surface area (Å²) in [6, 6.07) is 9.17. The lowest BCUT2D eigenvalue weighted by molar-refractivity contribution is -0.137. The third-order valence-electron chi connectivity index (χ3n) is 2.81. The van der Waals surface area contributed by atoms with Crippen molar-refractivity contribution in [3.05, 3.63) is 65.5 Å². The molecule has 23 heavy (non-hydrogen) atoms. The second-order valence-electron chi connectivity index (χ2n) is 4.49. The van der Waals surface area contributed by atoms with E-state index in [1.165, 1.54) is 30.6 Å². The Hall–Kier alpha value is -3.14. The van der Waals surface area contributed by atoms with Gasteiger partial charge in [0.2, 0.25) is 0 Å². The van der Waals surface area contributed by atoms with E-state index in [9.17, 15) is 18.0 Å². The molecule has 1 N–H and O–H groups in total. The maximum absolute atomic E-state index is 12.6. The van der Waals surface area contributed by atoms with E-state index in [1.54, 1.807) is 18.2 Å². The van der Waals surface area contributed by atoms with Gasteiger partial charge in [0, 0.05) is 18.1 Å². The van der Waals surface area contributed by atoms with Gasteiger partial charge in [-0.15, -0.1) is 0 Å². The zero-order valence-electron chi connectivity index (χ0n) is 11.6. The first-order chi connectivity index (χ1) is 10.9. The molecule has 1 aromatic heterocycles. The molecular formula is C16H10F3N3O. The van der Waals surface area contributed by atoms with Crippen molar-refractivity contribution >= 4 is 17.7 Å². The van der Waals surface area contributed by atoms with E-state index >= 15 is 0 Å². The van der Waals surface area contributed by atoms with E-state index in [4.69, 9.17) is 5.26 Å². The number of hydrogen-bond acceptors (Lipinski definition) is 3. The third-order valence-corrected chi connectivity index (χ3v) is 2.81.